The molecule has 25 heavy (non-hydrogen) atoms. The Labute approximate surface area is 146 Å². The summed E-state index contributed by atoms with van der Waals surface area (Å²) in [6.45, 7) is 3.02. The van der Waals surface area contributed by atoms with Gasteiger partial charge >= 0.3 is 5.97 Å². The smallest absolute Gasteiger partial charge is 0.303 e. The Kier molecular flexibility index (Phi) is 5.16. The van der Waals surface area contributed by atoms with E-state index >= 15 is 0 Å². The highest BCUT2D eigenvalue weighted by Crippen LogP contribution is 2.29. The molecule has 1 saturated heterocycles. The van der Waals surface area contributed by atoms with Crippen molar-refractivity contribution in [3.05, 3.63) is 41.7 Å². The zero-order valence-corrected chi connectivity index (χ0v) is 14.3. The highest BCUT2D eigenvalue weighted by Gasteiger charge is 2.29. The number of carboxylic acids is 1. The summed E-state index contributed by atoms with van der Waals surface area (Å²) < 4.78 is 5.29. The fourth-order valence-electron chi connectivity index (χ4n) is 3.39. The van der Waals surface area contributed by atoms with Crippen molar-refractivity contribution < 1.29 is 19.2 Å². The molecule has 1 N–H and O–H groups in total. The molecule has 1 aliphatic heterocycles. The Morgan fingerprint density at radius 3 is 2.80 bits per heavy atom. The molecule has 2 heterocycles. The first-order chi connectivity index (χ1) is 12.1. The quantitative estimate of drug-likeness (QED) is 0.900. The molecule has 132 valence electrons. The molecule has 0 radical (unpaired) electrons. The van der Waals surface area contributed by atoms with Crippen LogP contribution in [-0.2, 0) is 4.79 Å². The number of piperidine rings is 1. The van der Waals surface area contributed by atoms with Crippen molar-refractivity contribution in [2.24, 2.45) is 5.92 Å². The third-order valence-electron chi connectivity index (χ3n) is 4.70. The average Bonchev–Trinajstić information content (AvgIpc) is 3.02. The number of carbonyl (C=O) groups excluding carboxylic acids is 1. The lowest BCUT2D eigenvalue weighted by atomic mass is 9.92. The Bertz CT molecular complexity index is 754. The minimum Gasteiger partial charge on any atom is -0.481 e. The summed E-state index contributed by atoms with van der Waals surface area (Å²) >= 11 is 0. The molecule has 0 bridgehead atoms. The number of hydrogen-bond donors (Lipinski definition) is 1. The third kappa shape index (κ3) is 3.90. The van der Waals surface area contributed by atoms with Gasteiger partial charge in [-0.3, -0.25) is 9.59 Å². The summed E-state index contributed by atoms with van der Waals surface area (Å²) in [5, 5.41) is 12.9. The van der Waals surface area contributed by atoms with Crippen LogP contribution in [0.15, 0.2) is 34.9 Å². The summed E-state index contributed by atoms with van der Waals surface area (Å²) in [4.78, 5) is 25.7. The number of rotatable bonds is 5. The second kappa shape index (κ2) is 7.51. The lowest BCUT2D eigenvalue weighted by Crippen LogP contribution is -2.40. The van der Waals surface area contributed by atoms with Crippen LogP contribution in [0.2, 0.25) is 0 Å². The number of amides is 1. The van der Waals surface area contributed by atoms with Gasteiger partial charge in [-0.25, -0.2) is 0 Å². The first-order valence-electron chi connectivity index (χ1n) is 8.59. The zero-order valence-electron chi connectivity index (χ0n) is 14.3. The summed E-state index contributed by atoms with van der Waals surface area (Å²) in [5.41, 5.74) is 1.92. The van der Waals surface area contributed by atoms with Crippen molar-refractivity contribution in [3.63, 3.8) is 0 Å². The lowest BCUT2D eigenvalue weighted by Gasteiger charge is -2.32. The van der Waals surface area contributed by atoms with E-state index in [1.54, 1.807) is 6.92 Å². The van der Waals surface area contributed by atoms with Gasteiger partial charge in [0.1, 0.15) is 17.0 Å². The number of aliphatic carboxylic acids is 1. The van der Waals surface area contributed by atoms with Gasteiger partial charge in [-0.2, -0.15) is 0 Å². The average molecular weight is 342 g/mol. The maximum absolute atomic E-state index is 13.1. The molecule has 6 heteroatoms. The first kappa shape index (κ1) is 17.2. The van der Waals surface area contributed by atoms with Crippen LogP contribution >= 0.6 is 0 Å². The molecular formula is C19H22N2O4. The van der Waals surface area contributed by atoms with E-state index < -0.39 is 5.97 Å². The van der Waals surface area contributed by atoms with E-state index in [1.807, 2.05) is 35.2 Å². The van der Waals surface area contributed by atoms with Gasteiger partial charge in [-0.05, 0) is 32.1 Å². The SMILES string of the molecule is Cc1onc(-c2ccccc2)c1C(=O)N1CCCC(CCC(=O)O)C1. The molecule has 0 saturated carbocycles. The van der Waals surface area contributed by atoms with Crippen LogP contribution in [0, 0.1) is 12.8 Å². The lowest BCUT2D eigenvalue weighted by molar-refractivity contribution is -0.137. The Balaban J connectivity index is 1.79. The maximum atomic E-state index is 13.1. The number of nitrogens with zero attached hydrogens (tertiary/aromatic N) is 2. The van der Waals surface area contributed by atoms with Crippen LogP contribution in [-0.4, -0.2) is 40.1 Å². The van der Waals surface area contributed by atoms with Gasteiger partial charge in [-0.1, -0.05) is 35.5 Å². The van der Waals surface area contributed by atoms with Gasteiger partial charge in [0.05, 0.1) is 0 Å². The second-order valence-electron chi connectivity index (χ2n) is 6.52. The Hall–Kier alpha value is -2.63. The summed E-state index contributed by atoms with van der Waals surface area (Å²) in [6, 6.07) is 9.52. The standard InChI is InChI=1S/C19H22N2O4/c1-13-17(18(20-25-13)15-7-3-2-4-8-15)19(24)21-11-5-6-14(12-21)9-10-16(22)23/h2-4,7-8,14H,5-6,9-12H2,1H3,(H,22,23). The normalized spacial score (nSPS) is 17.5. The zero-order chi connectivity index (χ0) is 17.8. The van der Waals surface area contributed by atoms with Crippen LogP contribution in [0.25, 0.3) is 11.3 Å². The van der Waals surface area contributed by atoms with Crippen molar-refractivity contribution in [1.29, 1.82) is 0 Å². The van der Waals surface area contributed by atoms with E-state index in [-0.39, 0.29) is 18.2 Å². The molecule has 0 aliphatic carbocycles. The number of carboxylic acid groups (broad SMARTS) is 1. The van der Waals surface area contributed by atoms with Crippen LogP contribution in [0.5, 0.6) is 0 Å². The largest absolute Gasteiger partial charge is 0.481 e. The molecule has 1 amide bonds. The van der Waals surface area contributed by atoms with Crippen molar-refractivity contribution in [2.45, 2.75) is 32.6 Å². The van der Waals surface area contributed by atoms with Gasteiger partial charge < -0.3 is 14.5 Å². The number of aryl methyl sites for hydroxylation is 1. The molecule has 0 spiro atoms. The molecule has 3 rings (SSSR count). The van der Waals surface area contributed by atoms with Gasteiger partial charge in [0.15, 0.2) is 0 Å². The van der Waals surface area contributed by atoms with E-state index in [0.717, 1.165) is 18.4 Å². The van der Waals surface area contributed by atoms with Crippen molar-refractivity contribution in [2.75, 3.05) is 13.1 Å². The molecule has 1 aliphatic rings. The van der Waals surface area contributed by atoms with Crippen molar-refractivity contribution in [3.8, 4) is 11.3 Å². The van der Waals surface area contributed by atoms with Gasteiger partial charge in [0.25, 0.3) is 5.91 Å². The van der Waals surface area contributed by atoms with Gasteiger partial charge in [-0.15, -0.1) is 0 Å². The molecule has 1 aromatic carbocycles. The molecular weight excluding hydrogens is 320 g/mol. The minimum absolute atomic E-state index is 0.0855. The van der Waals surface area contributed by atoms with Gasteiger partial charge in [0, 0.05) is 25.1 Å². The predicted octanol–water partition coefficient (Wildman–Crippen LogP) is 3.37. The minimum atomic E-state index is -0.787. The maximum Gasteiger partial charge on any atom is 0.303 e. The van der Waals surface area contributed by atoms with Crippen LogP contribution in [0.1, 0.15) is 41.8 Å². The number of benzene rings is 1. The topological polar surface area (TPSA) is 83.6 Å². The van der Waals surface area contributed by atoms with E-state index in [9.17, 15) is 9.59 Å². The Morgan fingerprint density at radius 1 is 1.32 bits per heavy atom. The monoisotopic (exact) mass is 342 g/mol. The van der Waals surface area contributed by atoms with Crippen LogP contribution in [0.3, 0.4) is 0 Å². The highest BCUT2D eigenvalue weighted by molar-refractivity contribution is 6.00. The number of likely N-dealkylation sites (tertiary alicyclic amines) is 1. The summed E-state index contributed by atoms with van der Waals surface area (Å²) in [5.74, 6) is -0.132. The van der Waals surface area contributed by atoms with E-state index in [2.05, 4.69) is 5.16 Å². The molecule has 6 nitrogen and oxygen atoms in total. The van der Waals surface area contributed by atoms with Crippen LogP contribution < -0.4 is 0 Å². The van der Waals surface area contributed by atoms with Crippen molar-refractivity contribution >= 4 is 11.9 Å². The Morgan fingerprint density at radius 2 is 2.08 bits per heavy atom. The summed E-state index contributed by atoms with van der Waals surface area (Å²) in [6.07, 6.45) is 2.60. The van der Waals surface area contributed by atoms with Crippen molar-refractivity contribution in [1.82, 2.24) is 10.1 Å². The second-order valence-corrected chi connectivity index (χ2v) is 6.52. The molecule has 2 aromatic rings. The molecule has 1 fully saturated rings. The fourth-order valence-corrected chi connectivity index (χ4v) is 3.39. The van der Waals surface area contributed by atoms with Gasteiger partial charge in [0.2, 0.25) is 0 Å². The summed E-state index contributed by atoms with van der Waals surface area (Å²) in [7, 11) is 0. The molecule has 1 atom stereocenters. The predicted molar refractivity (Wildman–Crippen MR) is 92.2 cm³/mol. The highest BCUT2D eigenvalue weighted by atomic mass is 16.5. The van der Waals surface area contributed by atoms with E-state index in [1.165, 1.54) is 0 Å². The first-order valence-corrected chi connectivity index (χ1v) is 8.59. The van der Waals surface area contributed by atoms with E-state index in [4.69, 9.17) is 9.63 Å². The number of hydrogen-bond acceptors (Lipinski definition) is 4. The number of carbonyl (C=O) groups is 2. The molecule has 1 unspecified atom stereocenters. The van der Waals surface area contributed by atoms with E-state index in [0.29, 0.717) is 36.5 Å². The van der Waals surface area contributed by atoms with Crippen LogP contribution in [0.4, 0.5) is 0 Å². The third-order valence-corrected chi connectivity index (χ3v) is 4.70. The number of aromatic nitrogens is 1. The molecule has 1 aromatic heterocycles. The fraction of sp³-hybridized carbons (Fsp3) is 0.421.